The van der Waals surface area contributed by atoms with Crippen LogP contribution >= 0.6 is 15.9 Å². The van der Waals surface area contributed by atoms with Gasteiger partial charge in [0.15, 0.2) is 0 Å². The van der Waals surface area contributed by atoms with E-state index in [1.54, 1.807) is 0 Å². The fourth-order valence-corrected chi connectivity index (χ4v) is 2.46. The summed E-state index contributed by atoms with van der Waals surface area (Å²) in [5, 5.41) is 10.2. The first-order valence-electron chi connectivity index (χ1n) is 5.37. The quantitative estimate of drug-likeness (QED) is 0.807. The molecule has 0 saturated heterocycles. The maximum absolute atomic E-state index is 10.2. The fraction of sp³-hybridized carbons (Fsp3) is 0.385. The fourth-order valence-electron chi connectivity index (χ4n) is 2.04. The second kappa shape index (κ2) is 4.95. The summed E-state index contributed by atoms with van der Waals surface area (Å²) >= 11 is 3.43. The van der Waals surface area contributed by atoms with Crippen molar-refractivity contribution < 1.29 is 5.11 Å². The van der Waals surface area contributed by atoms with E-state index < -0.39 is 0 Å². The monoisotopic (exact) mass is 266 g/mol. The van der Waals surface area contributed by atoms with Crippen molar-refractivity contribution in [1.29, 1.82) is 0 Å². The highest BCUT2D eigenvalue weighted by atomic mass is 79.9. The number of halogens is 1. The van der Waals surface area contributed by atoms with Crippen molar-refractivity contribution in [3.05, 3.63) is 46.5 Å². The van der Waals surface area contributed by atoms with Gasteiger partial charge in [0.05, 0.1) is 6.10 Å². The van der Waals surface area contributed by atoms with Crippen molar-refractivity contribution in [2.24, 2.45) is 5.92 Å². The lowest BCUT2D eigenvalue weighted by atomic mass is 9.87. The van der Waals surface area contributed by atoms with Crippen LogP contribution in [0, 0.1) is 5.92 Å². The Morgan fingerprint density at radius 1 is 1.40 bits per heavy atom. The van der Waals surface area contributed by atoms with E-state index in [0.29, 0.717) is 0 Å². The summed E-state index contributed by atoms with van der Waals surface area (Å²) in [4.78, 5) is 0. The Hall–Kier alpha value is -0.600. The third-order valence-electron chi connectivity index (χ3n) is 2.89. The van der Waals surface area contributed by atoms with Gasteiger partial charge in [-0.15, -0.1) is 0 Å². The van der Waals surface area contributed by atoms with Gasteiger partial charge in [-0.3, -0.25) is 0 Å². The topological polar surface area (TPSA) is 20.2 Å². The Morgan fingerprint density at radius 3 is 2.93 bits per heavy atom. The molecule has 15 heavy (non-hydrogen) atoms. The van der Waals surface area contributed by atoms with Gasteiger partial charge in [-0.1, -0.05) is 40.2 Å². The third kappa shape index (κ3) is 2.70. The normalized spacial score (nSPS) is 22.7. The number of hydrogen-bond donors (Lipinski definition) is 1. The molecule has 0 aliphatic heterocycles. The Labute approximate surface area is 99.0 Å². The molecule has 80 valence electrons. The lowest BCUT2D eigenvalue weighted by Gasteiger charge is -2.22. The van der Waals surface area contributed by atoms with Crippen LogP contribution < -0.4 is 0 Å². The zero-order chi connectivity index (χ0) is 10.7. The van der Waals surface area contributed by atoms with Gasteiger partial charge in [-0.2, -0.15) is 0 Å². The molecule has 1 aliphatic carbocycles. The van der Waals surface area contributed by atoms with E-state index in [9.17, 15) is 5.11 Å². The van der Waals surface area contributed by atoms with E-state index in [1.165, 1.54) is 6.42 Å². The molecular formula is C13H15BrO. The molecule has 1 aliphatic rings. The van der Waals surface area contributed by atoms with Crippen LogP contribution in [0.3, 0.4) is 0 Å². The minimum Gasteiger partial charge on any atom is -0.388 e. The second-order valence-electron chi connectivity index (χ2n) is 4.02. The molecule has 0 bridgehead atoms. The van der Waals surface area contributed by atoms with Crippen molar-refractivity contribution in [3.8, 4) is 0 Å². The van der Waals surface area contributed by atoms with Crippen LogP contribution in [0.1, 0.15) is 30.9 Å². The number of hydrogen-bond acceptors (Lipinski definition) is 1. The predicted octanol–water partition coefficient (Wildman–Crippen LogP) is 3.84. The van der Waals surface area contributed by atoms with Crippen molar-refractivity contribution in [2.75, 3.05) is 0 Å². The van der Waals surface area contributed by atoms with Gasteiger partial charge < -0.3 is 5.11 Å². The van der Waals surface area contributed by atoms with Crippen LogP contribution in [-0.2, 0) is 0 Å². The van der Waals surface area contributed by atoms with Crippen molar-refractivity contribution in [1.82, 2.24) is 0 Å². The highest BCUT2D eigenvalue weighted by Gasteiger charge is 2.19. The molecule has 1 aromatic rings. The molecule has 0 radical (unpaired) electrons. The van der Waals surface area contributed by atoms with Gasteiger partial charge >= 0.3 is 0 Å². The summed E-state index contributed by atoms with van der Waals surface area (Å²) in [6.45, 7) is 0. The van der Waals surface area contributed by atoms with Crippen LogP contribution in [0.4, 0.5) is 0 Å². The Balaban J connectivity index is 2.16. The van der Waals surface area contributed by atoms with E-state index in [-0.39, 0.29) is 12.0 Å². The first kappa shape index (κ1) is 10.9. The van der Waals surface area contributed by atoms with Gasteiger partial charge in [0, 0.05) is 10.4 Å². The largest absolute Gasteiger partial charge is 0.388 e. The zero-order valence-corrected chi connectivity index (χ0v) is 10.2. The van der Waals surface area contributed by atoms with Gasteiger partial charge in [-0.05, 0) is 37.0 Å². The molecule has 0 spiro atoms. The maximum atomic E-state index is 10.2. The molecule has 0 fully saturated rings. The number of benzene rings is 1. The van der Waals surface area contributed by atoms with Crippen molar-refractivity contribution >= 4 is 15.9 Å². The summed E-state index contributed by atoms with van der Waals surface area (Å²) in [6.07, 6.45) is 7.39. The standard InChI is InChI=1S/C13H15BrO/c14-12-8-4-7-11(9-12)13(15)10-5-2-1-3-6-10/h2,4-5,7-10,13,15H,1,3,6H2. The maximum Gasteiger partial charge on any atom is 0.0852 e. The smallest absolute Gasteiger partial charge is 0.0852 e. The van der Waals surface area contributed by atoms with Gasteiger partial charge in [-0.25, -0.2) is 0 Å². The molecule has 1 nitrogen and oxygen atoms in total. The van der Waals surface area contributed by atoms with Gasteiger partial charge in [0.25, 0.3) is 0 Å². The van der Waals surface area contributed by atoms with Crippen LogP contribution in [0.15, 0.2) is 40.9 Å². The predicted molar refractivity (Wildman–Crippen MR) is 65.6 cm³/mol. The van der Waals surface area contributed by atoms with Gasteiger partial charge in [0.2, 0.25) is 0 Å². The summed E-state index contributed by atoms with van der Waals surface area (Å²) in [5.41, 5.74) is 1.00. The third-order valence-corrected chi connectivity index (χ3v) is 3.38. The molecule has 2 unspecified atom stereocenters. The lowest BCUT2D eigenvalue weighted by Crippen LogP contribution is -2.12. The van der Waals surface area contributed by atoms with Crippen molar-refractivity contribution in [3.63, 3.8) is 0 Å². The van der Waals surface area contributed by atoms with E-state index in [4.69, 9.17) is 0 Å². The first-order chi connectivity index (χ1) is 7.27. The average molecular weight is 267 g/mol. The van der Waals surface area contributed by atoms with Crippen LogP contribution in [0.5, 0.6) is 0 Å². The molecule has 2 heteroatoms. The van der Waals surface area contributed by atoms with E-state index in [1.807, 2.05) is 24.3 Å². The summed E-state index contributed by atoms with van der Waals surface area (Å²) in [5.74, 6) is 0.285. The highest BCUT2D eigenvalue weighted by molar-refractivity contribution is 9.10. The molecule has 0 amide bonds. The first-order valence-corrected chi connectivity index (χ1v) is 6.17. The molecular weight excluding hydrogens is 252 g/mol. The number of aliphatic hydroxyl groups excluding tert-OH is 1. The molecule has 0 saturated carbocycles. The van der Waals surface area contributed by atoms with Crippen LogP contribution in [0.25, 0.3) is 0 Å². The summed E-state index contributed by atoms with van der Waals surface area (Å²) in [6, 6.07) is 7.92. The lowest BCUT2D eigenvalue weighted by molar-refractivity contribution is 0.123. The van der Waals surface area contributed by atoms with E-state index >= 15 is 0 Å². The van der Waals surface area contributed by atoms with Crippen LogP contribution in [-0.4, -0.2) is 5.11 Å². The minimum atomic E-state index is -0.362. The highest BCUT2D eigenvalue weighted by Crippen LogP contribution is 2.31. The van der Waals surface area contributed by atoms with E-state index in [0.717, 1.165) is 22.9 Å². The minimum absolute atomic E-state index is 0.285. The molecule has 0 heterocycles. The molecule has 0 aromatic heterocycles. The van der Waals surface area contributed by atoms with Crippen LogP contribution in [0.2, 0.25) is 0 Å². The summed E-state index contributed by atoms with van der Waals surface area (Å²) < 4.78 is 1.03. The number of rotatable bonds is 2. The average Bonchev–Trinajstić information content (AvgIpc) is 2.29. The second-order valence-corrected chi connectivity index (χ2v) is 4.94. The molecule has 1 aromatic carbocycles. The number of allylic oxidation sites excluding steroid dienone is 1. The molecule has 2 rings (SSSR count). The summed E-state index contributed by atoms with van der Waals surface area (Å²) in [7, 11) is 0. The molecule has 1 N–H and O–H groups in total. The van der Waals surface area contributed by atoms with Crippen molar-refractivity contribution in [2.45, 2.75) is 25.4 Å². The molecule has 2 atom stereocenters. The van der Waals surface area contributed by atoms with Gasteiger partial charge in [0.1, 0.15) is 0 Å². The van der Waals surface area contributed by atoms with E-state index in [2.05, 4.69) is 28.1 Å². The Bertz CT molecular complexity index is 359. The number of aliphatic hydroxyl groups is 1. The Kier molecular flexibility index (Phi) is 3.60. The zero-order valence-electron chi connectivity index (χ0n) is 8.57. The Morgan fingerprint density at radius 2 is 2.27 bits per heavy atom. The SMILES string of the molecule is OC(c1cccc(Br)c1)C1C=CCCC1.